The molecule has 2 rings (SSSR count). The summed E-state index contributed by atoms with van der Waals surface area (Å²) < 4.78 is 25.5. The molecule has 0 atom stereocenters. The number of rotatable bonds is 4. The third kappa shape index (κ3) is 3.53. The summed E-state index contributed by atoms with van der Waals surface area (Å²) in [6, 6.07) is 0. The van der Waals surface area contributed by atoms with Crippen LogP contribution in [-0.2, 0) is 4.79 Å². The zero-order valence-electron chi connectivity index (χ0n) is 11.7. The molecular formula is C13H20F2N4O. The van der Waals surface area contributed by atoms with E-state index in [-0.39, 0.29) is 18.1 Å². The number of H-pyrrole nitrogens is 1. The summed E-state index contributed by atoms with van der Waals surface area (Å²) in [6.45, 7) is 5.79. The predicted octanol–water partition coefficient (Wildman–Crippen LogP) is 2.33. The number of carbonyl (C=O) groups is 1. The lowest BCUT2D eigenvalue weighted by atomic mass is 9.99. The summed E-state index contributed by atoms with van der Waals surface area (Å²) in [6.07, 6.45) is -0.563. The Balaban J connectivity index is 1.93. The van der Waals surface area contributed by atoms with Crippen molar-refractivity contribution >= 4 is 11.6 Å². The Kier molecular flexibility index (Phi) is 4.69. The molecule has 1 amide bonds. The largest absolute Gasteiger partial charge is 0.322 e. The maximum Gasteiger partial charge on any atom is 0.284 e. The second-order valence-electron chi connectivity index (χ2n) is 5.42. The van der Waals surface area contributed by atoms with Crippen molar-refractivity contribution < 1.29 is 13.6 Å². The van der Waals surface area contributed by atoms with Gasteiger partial charge in [-0.3, -0.25) is 14.8 Å². The predicted molar refractivity (Wildman–Crippen MR) is 71.7 cm³/mol. The van der Waals surface area contributed by atoms with Gasteiger partial charge in [0.25, 0.3) is 6.43 Å². The molecule has 5 nitrogen and oxygen atoms in total. The molecule has 0 unspecified atom stereocenters. The first-order valence-electron chi connectivity index (χ1n) is 6.82. The summed E-state index contributed by atoms with van der Waals surface area (Å²) in [5, 5.41) is 8.54. The van der Waals surface area contributed by atoms with Crippen molar-refractivity contribution in [2.45, 2.75) is 33.1 Å². The summed E-state index contributed by atoms with van der Waals surface area (Å²) in [7, 11) is 0. The Morgan fingerprint density at radius 1 is 1.50 bits per heavy atom. The molecule has 1 aliphatic heterocycles. The highest BCUT2D eigenvalue weighted by molar-refractivity contribution is 5.93. The number of likely N-dealkylation sites (tertiary alicyclic amines) is 1. The Labute approximate surface area is 116 Å². The van der Waals surface area contributed by atoms with Crippen molar-refractivity contribution in [2.24, 2.45) is 5.92 Å². The second kappa shape index (κ2) is 6.30. The molecule has 1 fully saturated rings. The van der Waals surface area contributed by atoms with Gasteiger partial charge in [0.1, 0.15) is 0 Å². The van der Waals surface area contributed by atoms with Gasteiger partial charge in [-0.2, -0.15) is 5.10 Å². The summed E-state index contributed by atoms with van der Waals surface area (Å²) in [4.78, 5) is 14.0. The van der Waals surface area contributed by atoms with Crippen molar-refractivity contribution in [2.75, 3.05) is 25.0 Å². The first kappa shape index (κ1) is 14.9. The number of nitrogens with zero attached hydrogens (tertiary/aromatic N) is 2. The first-order valence-corrected chi connectivity index (χ1v) is 6.82. The molecule has 0 aromatic carbocycles. The van der Waals surface area contributed by atoms with Crippen molar-refractivity contribution in [1.29, 1.82) is 0 Å². The van der Waals surface area contributed by atoms with E-state index >= 15 is 0 Å². The minimum absolute atomic E-state index is 0.107. The third-order valence-corrected chi connectivity index (χ3v) is 3.69. The topological polar surface area (TPSA) is 61.0 Å². The molecule has 0 aliphatic carbocycles. The maximum absolute atomic E-state index is 12.7. The Hall–Kier alpha value is -1.50. The molecule has 1 saturated heterocycles. The van der Waals surface area contributed by atoms with E-state index in [1.165, 1.54) is 0 Å². The lowest BCUT2D eigenvalue weighted by Gasteiger charge is -2.29. The highest BCUT2D eigenvalue weighted by Crippen LogP contribution is 2.27. The second-order valence-corrected chi connectivity index (χ2v) is 5.42. The number of nitrogens with one attached hydrogen (secondary N) is 2. The molecule has 2 heterocycles. The monoisotopic (exact) mass is 286 g/mol. The van der Waals surface area contributed by atoms with Gasteiger partial charge in [0.15, 0.2) is 5.69 Å². The van der Waals surface area contributed by atoms with Crippen molar-refractivity contribution in [3.63, 3.8) is 0 Å². The number of halogens is 2. The fraction of sp³-hybridized carbons (Fsp3) is 0.692. The van der Waals surface area contributed by atoms with Crippen LogP contribution in [0.1, 0.15) is 37.6 Å². The van der Waals surface area contributed by atoms with E-state index in [1.54, 1.807) is 6.92 Å². The molecule has 1 aliphatic rings. The number of piperidine rings is 1. The number of carbonyl (C=O) groups excluding carboxylic acids is 1. The minimum Gasteiger partial charge on any atom is -0.322 e. The van der Waals surface area contributed by atoms with Crippen LogP contribution >= 0.6 is 0 Å². The summed E-state index contributed by atoms with van der Waals surface area (Å²) >= 11 is 0. The number of aromatic amines is 1. The SMILES string of the molecule is Cc1[nH]nc(C(F)F)c1NC(=O)CN1CCC(C)CC1. The standard InChI is InChI=1S/C13H20F2N4O/c1-8-3-5-19(6-4-8)7-10(20)16-11-9(2)17-18-12(11)13(14)15/h8,13H,3-7H2,1-2H3,(H,16,20)(H,17,18). The van der Waals surface area contributed by atoms with Crippen LogP contribution in [-0.4, -0.2) is 40.6 Å². The summed E-state index contributed by atoms with van der Waals surface area (Å²) in [5.41, 5.74) is 0.152. The van der Waals surface area contributed by atoms with Crippen molar-refractivity contribution in [1.82, 2.24) is 15.1 Å². The molecule has 0 saturated carbocycles. The highest BCUT2D eigenvalue weighted by Gasteiger charge is 2.22. The quantitative estimate of drug-likeness (QED) is 0.893. The maximum atomic E-state index is 12.7. The molecule has 20 heavy (non-hydrogen) atoms. The summed E-state index contributed by atoms with van der Waals surface area (Å²) in [5.74, 6) is 0.418. The number of alkyl halides is 2. The van der Waals surface area contributed by atoms with Crippen LogP contribution in [0.2, 0.25) is 0 Å². The molecule has 0 bridgehead atoms. The molecule has 0 radical (unpaired) electrons. The van der Waals surface area contributed by atoms with Gasteiger partial charge in [-0.15, -0.1) is 0 Å². The van der Waals surface area contributed by atoms with E-state index in [2.05, 4.69) is 22.4 Å². The van der Waals surface area contributed by atoms with Gasteiger partial charge in [0.05, 0.1) is 17.9 Å². The number of hydrogen-bond donors (Lipinski definition) is 2. The van der Waals surface area contributed by atoms with Crippen LogP contribution in [0.3, 0.4) is 0 Å². The van der Waals surface area contributed by atoms with Gasteiger partial charge in [-0.25, -0.2) is 8.78 Å². The van der Waals surface area contributed by atoms with Crippen LogP contribution in [0.5, 0.6) is 0 Å². The lowest BCUT2D eigenvalue weighted by Crippen LogP contribution is -2.38. The van der Waals surface area contributed by atoms with Gasteiger partial charge in [0.2, 0.25) is 5.91 Å². The molecule has 1 aromatic rings. The van der Waals surface area contributed by atoms with Crippen LogP contribution < -0.4 is 5.32 Å². The van der Waals surface area contributed by atoms with Crippen LogP contribution in [0.25, 0.3) is 0 Å². The molecule has 112 valence electrons. The van der Waals surface area contributed by atoms with Crippen LogP contribution in [0.15, 0.2) is 0 Å². The average Bonchev–Trinajstić information content (AvgIpc) is 2.74. The van der Waals surface area contributed by atoms with E-state index < -0.39 is 12.1 Å². The number of hydrogen-bond acceptors (Lipinski definition) is 3. The molecule has 0 spiro atoms. The van der Waals surface area contributed by atoms with E-state index in [9.17, 15) is 13.6 Å². The highest BCUT2D eigenvalue weighted by atomic mass is 19.3. The molecule has 2 N–H and O–H groups in total. The zero-order valence-corrected chi connectivity index (χ0v) is 11.7. The molecule has 7 heteroatoms. The van der Waals surface area contributed by atoms with Gasteiger partial charge in [0, 0.05) is 0 Å². The van der Waals surface area contributed by atoms with Gasteiger partial charge in [-0.05, 0) is 38.8 Å². The smallest absolute Gasteiger partial charge is 0.284 e. The van der Waals surface area contributed by atoms with E-state index in [1.807, 2.05) is 4.90 Å². The van der Waals surface area contributed by atoms with Crippen molar-refractivity contribution in [3.8, 4) is 0 Å². The minimum atomic E-state index is -2.70. The van der Waals surface area contributed by atoms with Gasteiger partial charge < -0.3 is 5.32 Å². The average molecular weight is 286 g/mol. The molecule has 1 aromatic heterocycles. The van der Waals surface area contributed by atoms with Crippen LogP contribution in [0, 0.1) is 12.8 Å². The third-order valence-electron chi connectivity index (χ3n) is 3.69. The number of aryl methyl sites for hydroxylation is 1. The number of aromatic nitrogens is 2. The van der Waals surface area contributed by atoms with Gasteiger partial charge in [-0.1, -0.05) is 6.92 Å². The Morgan fingerprint density at radius 2 is 2.15 bits per heavy atom. The number of anilines is 1. The Morgan fingerprint density at radius 3 is 2.75 bits per heavy atom. The van der Waals surface area contributed by atoms with E-state index in [0.29, 0.717) is 11.6 Å². The van der Waals surface area contributed by atoms with Crippen molar-refractivity contribution in [3.05, 3.63) is 11.4 Å². The fourth-order valence-electron chi connectivity index (χ4n) is 2.37. The van der Waals surface area contributed by atoms with E-state index in [4.69, 9.17) is 0 Å². The lowest BCUT2D eigenvalue weighted by molar-refractivity contribution is -0.117. The normalized spacial score (nSPS) is 17.6. The first-order chi connectivity index (χ1) is 9.47. The zero-order chi connectivity index (χ0) is 14.7. The Bertz CT molecular complexity index is 467. The fourth-order valence-corrected chi connectivity index (χ4v) is 2.37. The van der Waals surface area contributed by atoms with Crippen LogP contribution in [0.4, 0.5) is 14.5 Å². The van der Waals surface area contributed by atoms with E-state index in [0.717, 1.165) is 25.9 Å². The molecular weight excluding hydrogens is 266 g/mol. The number of amides is 1. The van der Waals surface area contributed by atoms with Gasteiger partial charge >= 0.3 is 0 Å².